The second-order valence-corrected chi connectivity index (χ2v) is 5.90. The predicted molar refractivity (Wildman–Crippen MR) is 82.2 cm³/mol. The summed E-state index contributed by atoms with van der Waals surface area (Å²) in [6.45, 7) is 2.05. The van der Waals surface area contributed by atoms with Crippen LogP contribution in [0.4, 0.5) is 0 Å². The molecule has 1 aliphatic heterocycles. The van der Waals surface area contributed by atoms with E-state index < -0.39 is 5.97 Å². The van der Waals surface area contributed by atoms with Gasteiger partial charge in [0.15, 0.2) is 0 Å². The van der Waals surface area contributed by atoms with Crippen molar-refractivity contribution >= 4 is 35.2 Å². The van der Waals surface area contributed by atoms with Gasteiger partial charge in [0.1, 0.15) is 0 Å². The molecule has 0 aliphatic carbocycles. The Bertz CT molecular complexity index is 721. The number of fused-ring (bicyclic) bond motifs is 1. The van der Waals surface area contributed by atoms with Gasteiger partial charge in [-0.3, -0.25) is 9.36 Å². The highest BCUT2D eigenvalue weighted by Crippen LogP contribution is 2.38. The maximum Gasteiger partial charge on any atom is 0.341 e. The van der Waals surface area contributed by atoms with Gasteiger partial charge in [-0.1, -0.05) is 35.5 Å². The molecule has 0 saturated heterocycles. The summed E-state index contributed by atoms with van der Waals surface area (Å²) in [6.07, 6.45) is 1.70. The molecular weight excluding hydrogens is 310 g/mol. The van der Waals surface area contributed by atoms with Crippen molar-refractivity contribution in [2.24, 2.45) is 0 Å². The molecule has 6 heteroatoms. The van der Waals surface area contributed by atoms with E-state index in [9.17, 15) is 9.59 Å². The number of carbonyl (C=O) groups is 2. The van der Waals surface area contributed by atoms with Crippen LogP contribution in [0.2, 0.25) is 5.02 Å². The van der Waals surface area contributed by atoms with Gasteiger partial charge in [0.2, 0.25) is 5.91 Å². The Morgan fingerprint density at radius 1 is 1.38 bits per heavy atom. The van der Waals surface area contributed by atoms with Gasteiger partial charge >= 0.3 is 5.97 Å². The van der Waals surface area contributed by atoms with Gasteiger partial charge in [-0.2, -0.15) is 0 Å². The Hall–Kier alpha value is -1.72. The van der Waals surface area contributed by atoms with Crippen molar-refractivity contribution in [2.75, 3.05) is 12.4 Å². The number of hydrogen-bond donors (Lipinski definition) is 0. The maximum atomic E-state index is 12.2. The molecule has 108 valence electrons. The van der Waals surface area contributed by atoms with E-state index in [4.69, 9.17) is 16.3 Å². The molecule has 2 heterocycles. The number of thioether (sulfide) groups is 1. The smallest absolute Gasteiger partial charge is 0.341 e. The molecule has 3 rings (SSSR count). The lowest BCUT2D eigenvalue weighted by atomic mass is 10.1. The lowest BCUT2D eigenvalue weighted by Gasteiger charge is -2.06. The van der Waals surface area contributed by atoms with Crippen molar-refractivity contribution in [1.82, 2.24) is 4.57 Å². The molecular formula is C15H12ClNO3S. The van der Waals surface area contributed by atoms with E-state index in [1.807, 2.05) is 12.1 Å². The second-order valence-electron chi connectivity index (χ2n) is 4.50. The van der Waals surface area contributed by atoms with E-state index in [2.05, 4.69) is 0 Å². The van der Waals surface area contributed by atoms with E-state index in [1.165, 1.54) is 16.3 Å². The molecule has 0 spiro atoms. The van der Waals surface area contributed by atoms with Crippen molar-refractivity contribution in [3.05, 3.63) is 41.0 Å². The summed E-state index contributed by atoms with van der Waals surface area (Å²) in [6, 6.07) is 7.16. The van der Waals surface area contributed by atoms with Crippen LogP contribution < -0.4 is 0 Å². The van der Waals surface area contributed by atoms with Crippen LogP contribution >= 0.6 is 23.4 Å². The van der Waals surface area contributed by atoms with Crippen LogP contribution in [0.5, 0.6) is 0 Å². The van der Waals surface area contributed by atoms with Crippen LogP contribution in [-0.2, 0) is 4.74 Å². The summed E-state index contributed by atoms with van der Waals surface area (Å²) in [7, 11) is 0. The molecule has 4 nitrogen and oxygen atoms in total. The summed E-state index contributed by atoms with van der Waals surface area (Å²) < 4.78 is 6.66. The fourth-order valence-corrected chi connectivity index (χ4v) is 3.42. The first-order valence-electron chi connectivity index (χ1n) is 6.46. The van der Waals surface area contributed by atoms with Crippen molar-refractivity contribution in [3.63, 3.8) is 0 Å². The summed E-state index contributed by atoms with van der Waals surface area (Å²) in [5.41, 5.74) is 1.98. The van der Waals surface area contributed by atoms with E-state index in [-0.39, 0.29) is 5.91 Å². The highest BCUT2D eigenvalue weighted by atomic mass is 35.5. The third-order valence-electron chi connectivity index (χ3n) is 3.20. The topological polar surface area (TPSA) is 48.3 Å². The molecule has 1 aromatic carbocycles. The monoisotopic (exact) mass is 321 g/mol. The first kappa shape index (κ1) is 14.2. The van der Waals surface area contributed by atoms with E-state index in [1.54, 1.807) is 25.3 Å². The van der Waals surface area contributed by atoms with Gasteiger partial charge in [0.25, 0.3) is 0 Å². The van der Waals surface area contributed by atoms with Crippen LogP contribution in [0.1, 0.15) is 22.1 Å². The third-order valence-corrected chi connectivity index (χ3v) is 4.51. The van der Waals surface area contributed by atoms with E-state index in [0.29, 0.717) is 33.5 Å². The first-order valence-corrected chi connectivity index (χ1v) is 7.82. The van der Waals surface area contributed by atoms with Crippen LogP contribution in [-0.4, -0.2) is 28.8 Å². The average molecular weight is 322 g/mol. The standard InChI is InChI=1S/C15H12ClNO3S/c1-2-20-15(19)13-11(9-3-5-10(16)6-4-9)7-17-12(18)8-21-14(13)17/h3-7H,2,8H2,1H3. The highest BCUT2D eigenvalue weighted by Gasteiger charge is 2.30. The fourth-order valence-electron chi connectivity index (χ4n) is 2.26. The zero-order valence-electron chi connectivity index (χ0n) is 11.3. The third kappa shape index (κ3) is 2.47. The van der Waals surface area contributed by atoms with Crippen LogP contribution in [0.15, 0.2) is 35.5 Å². The minimum Gasteiger partial charge on any atom is -0.462 e. The lowest BCUT2D eigenvalue weighted by molar-refractivity contribution is 0.0523. The Labute approximate surface area is 131 Å². The minimum absolute atomic E-state index is 0.0271. The van der Waals surface area contributed by atoms with Crippen LogP contribution in [0.25, 0.3) is 11.1 Å². The Kier molecular flexibility index (Phi) is 3.78. The van der Waals surface area contributed by atoms with Crippen molar-refractivity contribution in [2.45, 2.75) is 11.9 Å². The molecule has 2 aromatic rings. The molecule has 0 amide bonds. The van der Waals surface area contributed by atoms with E-state index >= 15 is 0 Å². The summed E-state index contributed by atoms with van der Waals surface area (Å²) in [5, 5.41) is 1.28. The Balaban J connectivity index is 2.16. The maximum absolute atomic E-state index is 12.2. The molecule has 0 fully saturated rings. The average Bonchev–Trinajstić information content (AvgIpc) is 3.00. The lowest BCUT2D eigenvalue weighted by Crippen LogP contribution is -2.07. The van der Waals surface area contributed by atoms with Crippen molar-refractivity contribution < 1.29 is 14.3 Å². The zero-order valence-corrected chi connectivity index (χ0v) is 12.8. The van der Waals surface area contributed by atoms with Gasteiger partial charge in [-0.15, -0.1) is 0 Å². The molecule has 0 saturated carbocycles. The normalized spacial score (nSPS) is 13.3. The van der Waals surface area contributed by atoms with Gasteiger partial charge in [-0.25, -0.2) is 4.79 Å². The summed E-state index contributed by atoms with van der Waals surface area (Å²) in [4.78, 5) is 24.1. The summed E-state index contributed by atoms with van der Waals surface area (Å²) in [5.74, 6) is -0.0815. The molecule has 0 bridgehead atoms. The minimum atomic E-state index is -0.404. The van der Waals surface area contributed by atoms with Gasteiger partial charge < -0.3 is 4.74 Å². The molecule has 0 atom stereocenters. The number of esters is 1. The quantitative estimate of drug-likeness (QED) is 0.808. The highest BCUT2D eigenvalue weighted by molar-refractivity contribution is 8.00. The van der Waals surface area contributed by atoms with Crippen LogP contribution in [0, 0.1) is 0 Å². The van der Waals surface area contributed by atoms with Crippen LogP contribution in [0.3, 0.4) is 0 Å². The number of benzene rings is 1. The molecule has 1 aromatic heterocycles. The number of aromatic nitrogens is 1. The SMILES string of the molecule is CCOC(=O)c1c(-c2ccc(Cl)cc2)cn2c1SCC2=O. The number of carbonyl (C=O) groups excluding carboxylic acids is 2. The Morgan fingerprint density at radius 3 is 2.76 bits per heavy atom. The molecule has 1 aliphatic rings. The summed E-state index contributed by atoms with van der Waals surface area (Å²) >= 11 is 7.26. The zero-order chi connectivity index (χ0) is 15.0. The molecule has 21 heavy (non-hydrogen) atoms. The molecule has 0 radical (unpaired) electrons. The number of rotatable bonds is 3. The predicted octanol–water partition coefficient (Wildman–Crippen LogP) is 3.73. The second kappa shape index (κ2) is 5.58. The number of ether oxygens (including phenoxy) is 1. The van der Waals surface area contributed by atoms with Gasteiger partial charge in [0, 0.05) is 16.8 Å². The first-order chi connectivity index (χ1) is 10.1. The van der Waals surface area contributed by atoms with Crippen molar-refractivity contribution in [1.29, 1.82) is 0 Å². The largest absolute Gasteiger partial charge is 0.462 e. The fraction of sp³-hybridized carbons (Fsp3) is 0.200. The number of nitrogens with zero attached hydrogens (tertiary/aromatic N) is 1. The Morgan fingerprint density at radius 2 is 2.10 bits per heavy atom. The molecule has 0 unspecified atom stereocenters. The van der Waals surface area contributed by atoms with Gasteiger partial charge in [0.05, 0.1) is 22.9 Å². The molecule has 0 N–H and O–H groups in total. The number of halogens is 1. The van der Waals surface area contributed by atoms with Gasteiger partial charge in [-0.05, 0) is 24.6 Å². The van der Waals surface area contributed by atoms with Crippen molar-refractivity contribution in [3.8, 4) is 11.1 Å². The van der Waals surface area contributed by atoms with E-state index in [0.717, 1.165) is 5.56 Å². The number of hydrogen-bond acceptors (Lipinski definition) is 4.